The van der Waals surface area contributed by atoms with E-state index in [4.69, 9.17) is 0 Å². The number of allylic oxidation sites excluding steroid dienone is 3. The van der Waals surface area contributed by atoms with Crippen LogP contribution in [0.1, 0.15) is 5.56 Å². The van der Waals surface area contributed by atoms with Gasteiger partial charge >= 0.3 is 29.6 Å². The molecule has 1 aliphatic carbocycles. The largest absolute Gasteiger partial charge is 1.00 e. The van der Waals surface area contributed by atoms with E-state index in [1.165, 1.54) is 6.08 Å². The molecule has 96 valence electrons. The molecule has 3 nitrogen and oxygen atoms in total. The normalized spacial score (nSPS) is 21.4. The molecule has 0 saturated carbocycles. The maximum atomic E-state index is 11.3. The van der Waals surface area contributed by atoms with Gasteiger partial charge in [-0.3, -0.25) is 0 Å². The molecule has 0 amide bonds. The smallest absolute Gasteiger partial charge is 0.747 e. The fourth-order valence-electron chi connectivity index (χ4n) is 1.72. The van der Waals surface area contributed by atoms with Crippen LogP contribution < -0.4 is 29.6 Å². The Labute approximate surface area is 151 Å². The van der Waals surface area contributed by atoms with E-state index in [-0.39, 0.29) is 29.6 Å². The molecule has 0 fully saturated rings. The summed E-state index contributed by atoms with van der Waals surface area (Å²) in [5, 5.41) is -1.19. The van der Waals surface area contributed by atoms with Crippen LogP contribution in [0, 0.1) is 0 Å². The Hall–Kier alpha value is 0.570. The Morgan fingerprint density at radius 3 is 2.26 bits per heavy atom. The minimum atomic E-state index is -4.45. The number of alkyl halides is 2. The van der Waals surface area contributed by atoms with E-state index in [0.29, 0.717) is 0 Å². The monoisotopic (exact) mass is 414 g/mol. The molecule has 1 aliphatic rings. The van der Waals surface area contributed by atoms with Gasteiger partial charge in [-0.15, -0.1) is 0 Å². The number of benzene rings is 1. The average molecular weight is 416 g/mol. The number of rotatable bonds is 2. The molecule has 1 unspecified atom stereocenters. The SMILES string of the molecule is O=S(=O)([O-])C1C=C(c2ccccc2)C=CC1(Br)Br.[Na+]. The van der Waals surface area contributed by atoms with Gasteiger partial charge in [0.2, 0.25) is 0 Å². The molecule has 0 bridgehead atoms. The van der Waals surface area contributed by atoms with Gasteiger partial charge in [-0.2, -0.15) is 0 Å². The van der Waals surface area contributed by atoms with E-state index in [1.54, 1.807) is 12.2 Å². The molecule has 0 aromatic heterocycles. The van der Waals surface area contributed by atoms with Gasteiger partial charge in [0.25, 0.3) is 0 Å². The predicted octanol–water partition coefficient (Wildman–Crippen LogP) is 0.0437. The van der Waals surface area contributed by atoms with Crippen LogP contribution >= 0.6 is 31.9 Å². The molecule has 19 heavy (non-hydrogen) atoms. The van der Waals surface area contributed by atoms with Gasteiger partial charge in [-0.05, 0) is 11.1 Å². The zero-order chi connectivity index (χ0) is 13.4. The van der Waals surface area contributed by atoms with Crippen molar-refractivity contribution in [3.8, 4) is 0 Å². The molecule has 0 spiro atoms. The van der Waals surface area contributed by atoms with Crippen molar-refractivity contribution in [2.24, 2.45) is 0 Å². The zero-order valence-electron chi connectivity index (χ0n) is 10.1. The summed E-state index contributed by atoms with van der Waals surface area (Å²) in [4.78, 5) is 0. The fraction of sp³-hybridized carbons (Fsp3) is 0.167. The third kappa shape index (κ3) is 4.27. The van der Waals surface area contributed by atoms with Crippen LogP contribution in [0.2, 0.25) is 0 Å². The molecule has 7 heteroatoms. The molecular formula is C12H9Br2NaO3S. The summed E-state index contributed by atoms with van der Waals surface area (Å²) in [7, 11) is -4.45. The molecule has 1 atom stereocenters. The van der Waals surface area contributed by atoms with Gasteiger partial charge in [0.15, 0.2) is 0 Å². The minimum Gasteiger partial charge on any atom is -0.747 e. The summed E-state index contributed by atoms with van der Waals surface area (Å²) < 4.78 is 32.8. The van der Waals surface area contributed by atoms with Crippen LogP contribution in [0.3, 0.4) is 0 Å². The predicted molar refractivity (Wildman–Crippen MR) is 77.6 cm³/mol. The average Bonchev–Trinajstić information content (AvgIpc) is 2.28. The van der Waals surface area contributed by atoms with Crippen molar-refractivity contribution in [1.82, 2.24) is 0 Å². The number of hydrogen-bond acceptors (Lipinski definition) is 3. The van der Waals surface area contributed by atoms with Crippen LogP contribution in [0.15, 0.2) is 48.6 Å². The number of halogens is 2. The Bertz CT molecular complexity index is 609. The first-order chi connectivity index (χ1) is 8.31. The summed E-state index contributed by atoms with van der Waals surface area (Å²) in [6, 6.07) is 9.31. The summed E-state index contributed by atoms with van der Waals surface area (Å²) in [6.07, 6.45) is 4.86. The minimum absolute atomic E-state index is 0. The van der Waals surface area contributed by atoms with Crippen molar-refractivity contribution >= 4 is 47.6 Å². The van der Waals surface area contributed by atoms with E-state index in [9.17, 15) is 13.0 Å². The fourth-order valence-corrected chi connectivity index (χ4v) is 4.40. The van der Waals surface area contributed by atoms with Crippen molar-refractivity contribution in [2.45, 2.75) is 8.48 Å². The second-order valence-electron chi connectivity index (χ2n) is 3.91. The molecule has 0 N–H and O–H groups in total. The first-order valence-electron chi connectivity index (χ1n) is 5.10. The summed E-state index contributed by atoms with van der Waals surface area (Å²) in [5.41, 5.74) is 1.59. The third-order valence-corrected chi connectivity index (χ3v) is 5.86. The van der Waals surface area contributed by atoms with Crippen LogP contribution in [-0.2, 0) is 10.1 Å². The van der Waals surface area contributed by atoms with Gasteiger partial charge in [0.05, 0.1) is 5.25 Å². The summed E-state index contributed by atoms with van der Waals surface area (Å²) >= 11 is 6.40. The van der Waals surface area contributed by atoms with Crippen molar-refractivity contribution in [3.63, 3.8) is 0 Å². The maximum absolute atomic E-state index is 11.3. The first kappa shape index (κ1) is 17.6. The van der Waals surface area contributed by atoms with E-state index in [0.717, 1.165) is 11.1 Å². The first-order valence-corrected chi connectivity index (χ1v) is 8.15. The summed E-state index contributed by atoms with van der Waals surface area (Å²) in [5.74, 6) is 0. The van der Waals surface area contributed by atoms with Crippen LogP contribution in [-0.4, -0.2) is 21.5 Å². The Morgan fingerprint density at radius 1 is 1.16 bits per heavy atom. The second-order valence-corrected chi connectivity index (χ2v) is 9.09. The van der Waals surface area contributed by atoms with Crippen LogP contribution in [0.25, 0.3) is 5.57 Å². The van der Waals surface area contributed by atoms with E-state index >= 15 is 0 Å². The Balaban J connectivity index is 0.00000180. The Kier molecular flexibility index (Phi) is 6.08. The van der Waals surface area contributed by atoms with Crippen molar-refractivity contribution in [2.75, 3.05) is 0 Å². The maximum Gasteiger partial charge on any atom is 1.00 e. The van der Waals surface area contributed by atoms with Gasteiger partial charge < -0.3 is 4.55 Å². The van der Waals surface area contributed by atoms with Gasteiger partial charge in [0.1, 0.15) is 13.4 Å². The zero-order valence-corrected chi connectivity index (χ0v) is 16.1. The van der Waals surface area contributed by atoms with E-state index in [1.807, 2.05) is 30.3 Å². The number of hydrogen-bond donors (Lipinski definition) is 0. The van der Waals surface area contributed by atoms with E-state index in [2.05, 4.69) is 31.9 Å². The molecule has 0 heterocycles. The van der Waals surface area contributed by atoms with E-state index < -0.39 is 18.6 Å². The second kappa shape index (κ2) is 6.56. The molecule has 1 aromatic rings. The molecule has 0 aliphatic heterocycles. The van der Waals surface area contributed by atoms with Gasteiger partial charge in [0, 0.05) is 0 Å². The van der Waals surface area contributed by atoms with Crippen molar-refractivity contribution in [1.29, 1.82) is 0 Å². The standard InChI is InChI=1S/C12H10Br2O3S.Na/c13-12(14)7-6-10(8-11(12)18(15,16)17)9-4-2-1-3-5-9;/h1-8,11H,(H,15,16,17);/q;+1/p-1. The molecule has 0 saturated heterocycles. The summed E-state index contributed by atoms with van der Waals surface area (Å²) in [6.45, 7) is 0. The van der Waals surface area contributed by atoms with Crippen LogP contribution in [0.5, 0.6) is 0 Å². The van der Waals surface area contributed by atoms with Crippen LogP contribution in [0.4, 0.5) is 0 Å². The van der Waals surface area contributed by atoms with Gasteiger partial charge in [-0.25, -0.2) is 8.42 Å². The molecular weight excluding hydrogens is 407 g/mol. The van der Waals surface area contributed by atoms with Gasteiger partial charge in [-0.1, -0.05) is 80.4 Å². The third-order valence-electron chi connectivity index (χ3n) is 2.61. The quantitative estimate of drug-likeness (QED) is 0.389. The van der Waals surface area contributed by atoms with Crippen molar-refractivity contribution in [3.05, 3.63) is 54.1 Å². The molecule has 2 rings (SSSR count). The molecule has 0 radical (unpaired) electrons. The molecule has 1 aromatic carbocycles. The van der Waals surface area contributed by atoms with Crippen molar-refractivity contribution < 1.29 is 42.5 Å². The topological polar surface area (TPSA) is 57.2 Å². The Morgan fingerprint density at radius 2 is 1.74 bits per heavy atom.